The summed E-state index contributed by atoms with van der Waals surface area (Å²) in [4.78, 5) is 39.9. The normalized spacial score (nSPS) is 20.6. The van der Waals surface area contributed by atoms with Crippen molar-refractivity contribution in [3.63, 3.8) is 0 Å². The van der Waals surface area contributed by atoms with E-state index < -0.39 is 11.8 Å². The molecule has 1 saturated carbocycles. The van der Waals surface area contributed by atoms with E-state index in [1.54, 1.807) is 16.7 Å². The van der Waals surface area contributed by atoms with Crippen molar-refractivity contribution in [1.82, 2.24) is 15.1 Å². The Bertz CT molecular complexity index is 492. The molecule has 0 radical (unpaired) electrons. The molecule has 0 bridgehead atoms. The highest BCUT2D eigenvalue weighted by Crippen LogP contribution is 2.17. The van der Waals surface area contributed by atoms with Crippen molar-refractivity contribution in [2.45, 2.75) is 83.6 Å². The van der Waals surface area contributed by atoms with Gasteiger partial charge < -0.3 is 19.9 Å². The van der Waals surface area contributed by atoms with Gasteiger partial charge in [-0.05, 0) is 19.8 Å². The summed E-state index contributed by atoms with van der Waals surface area (Å²) in [6.45, 7) is 3.65. The van der Waals surface area contributed by atoms with Crippen LogP contribution in [0.5, 0.6) is 0 Å². The number of ether oxygens (including phenoxy) is 1. The molecule has 2 fully saturated rings. The summed E-state index contributed by atoms with van der Waals surface area (Å²) in [5.41, 5.74) is 0. The molecule has 0 unspecified atom stereocenters. The summed E-state index contributed by atoms with van der Waals surface area (Å²) in [7, 11) is 0. The molecule has 3 amide bonds. The van der Waals surface area contributed by atoms with Crippen molar-refractivity contribution in [2.75, 3.05) is 32.8 Å². The van der Waals surface area contributed by atoms with E-state index >= 15 is 0 Å². The van der Waals surface area contributed by atoms with Gasteiger partial charge in [-0.25, -0.2) is 4.79 Å². The van der Waals surface area contributed by atoms with E-state index in [1.165, 1.54) is 44.9 Å². The predicted octanol–water partition coefficient (Wildman–Crippen LogP) is 3.08. The van der Waals surface area contributed by atoms with E-state index in [-0.39, 0.29) is 12.1 Å². The summed E-state index contributed by atoms with van der Waals surface area (Å²) >= 11 is 0. The number of carbonyl (C=O) groups excluding carboxylic acids is 3. The molecular weight excluding hydrogens is 358 g/mol. The molecular formula is C21H37N3O4. The summed E-state index contributed by atoms with van der Waals surface area (Å²) < 4.78 is 4.99. The Kier molecular flexibility index (Phi) is 10.1. The highest BCUT2D eigenvalue weighted by atomic mass is 16.6. The van der Waals surface area contributed by atoms with Gasteiger partial charge in [0.1, 0.15) is 0 Å². The summed E-state index contributed by atoms with van der Waals surface area (Å²) in [6, 6.07) is 0.0942. The largest absolute Gasteiger partial charge is 0.450 e. The van der Waals surface area contributed by atoms with E-state index in [0.29, 0.717) is 32.8 Å². The smallest absolute Gasteiger partial charge is 0.409 e. The summed E-state index contributed by atoms with van der Waals surface area (Å²) in [5.74, 6) is -0.976. The van der Waals surface area contributed by atoms with E-state index in [1.807, 2.05) is 0 Å². The summed E-state index contributed by atoms with van der Waals surface area (Å²) in [6.07, 6.45) is 12.7. The van der Waals surface area contributed by atoms with Crippen LogP contribution < -0.4 is 5.32 Å². The van der Waals surface area contributed by atoms with Gasteiger partial charge in [-0.3, -0.25) is 9.59 Å². The lowest BCUT2D eigenvalue weighted by Crippen LogP contribution is -2.54. The van der Waals surface area contributed by atoms with Gasteiger partial charge in [0.05, 0.1) is 6.61 Å². The third-order valence-electron chi connectivity index (χ3n) is 5.73. The fourth-order valence-corrected chi connectivity index (χ4v) is 4.01. The Balaban J connectivity index is 1.78. The molecule has 28 heavy (non-hydrogen) atoms. The molecule has 160 valence electrons. The molecule has 1 N–H and O–H groups in total. The maximum absolute atomic E-state index is 12.5. The van der Waals surface area contributed by atoms with Crippen molar-refractivity contribution in [1.29, 1.82) is 0 Å². The van der Waals surface area contributed by atoms with Gasteiger partial charge in [-0.2, -0.15) is 0 Å². The van der Waals surface area contributed by atoms with Crippen LogP contribution >= 0.6 is 0 Å². The van der Waals surface area contributed by atoms with Gasteiger partial charge in [-0.15, -0.1) is 0 Å². The van der Waals surface area contributed by atoms with Crippen LogP contribution in [0.2, 0.25) is 0 Å². The number of piperazine rings is 1. The topological polar surface area (TPSA) is 79.0 Å². The zero-order chi connectivity index (χ0) is 20.2. The number of hydrogen-bond acceptors (Lipinski definition) is 4. The molecule has 1 aliphatic carbocycles. The van der Waals surface area contributed by atoms with E-state index in [0.717, 1.165) is 25.7 Å². The summed E-state index contributed by atoms with van der Waals surface area (Å²) in [5, 5.41) is 2.99. The van der Waals surface area contributed by atoms with Crippen molar-refractivity contribution in [3.8, 4) is 0 Å². The molecule has 7 nitrogen and oxygen atoms in total. The lowest BCUT2D eigenvalue weighted by atomic mass is 9.98. The number of amides is 3. The van der Waals surface area contributed by atoms with Gasteiger partial charge in [0.2, 0.25) is 0 Å². The predicted molar refractivity (Wildman–Crippen MR) is 108 cm³/mol. The molecule has 0 aromatic carbocycles. The maximum atomic E-state index is 12.5. The second-order valence-corrected chi connectivity index (χ2v) is 7.91. The third-order valence-corrected chi connectivity index (χ3v) is 5.73. The van der Waals surface area contributed by atoms with Crippen molar-refractivity contribution >= 4 is 17.9 Å². The minimum absolute atomic E-state index is 0.0942. The molecule has 0 spiro atoms. The van der Waals surface area contributed by atoms with Gasteiger partial charge in [-0.1, -0.05) is 57.8 Å². The second kappa shape index (κ2) is 12.6. The first kappa shape index (κ1) is 22.5. The number of nitrogens with one attached hydrogen (secondary N) is 1. The molecule has 2 rings (SSSR count). The van der Waals surface area contributed by atoms with Gasteiger partial charge in [0.15, 0.2) is 0 Å². The second-order valence-electron chi connectivity index (χ2n) is 7.91. The van der Waals surface area contributed by atoms with E-state index in [2.05, 4.69) is 5.32 Å². The number of nitrogens with zero attached hydrogens (tertiary/aromatic N) is 2. The lowest BCUT2D eigenvalue weighted by Gasteiger charge is -2.33. The highest BCUT2D eigenvalue weighted by molar-refractivity contribution is 6.35. The van der Waals surface area contributed by atoms with Crippen LogP contribution in [0.15, 0.2) is 0 Å². The Labute approximate surface area is 169 Å². The number of carbonyl (C=O) groups is 3. The van der Waals surface area contributed by atoms with Crippen molar-refractivity contribution < 1.29 is 19.1 Å². The third kappa shape index (κ3) is 7.68. The van der Waals surface area contributed by atoms with Gasteiger partial charge in [0.25, 0.3) is 0 Å². The first-order valence-electron chi connectivity index (χ1n) is 11.1. The van der Waals surface area contributed by atoms with Crippen LogP contribution in [0, 0.1) is 0 Å². The van der Waals surface area contributed by atoms with Gasteiger partial charge in [0, 0.05) is 32.2 Å². The number of rotatable bonds is 2. The van der Waals surface area contributed by atoms with E-state index in [4.69, 9.17) is 4.74 Å². The highest BCUT2D eigenvalue weighted by Gasteiger charge is 2.29. The van der Waals surface area contributed by atoms with Gasteiger partial charge >= 0.3 is 17.9 Å². The Morgan fingerprint density at radius 3 is 1.75 bits per heavy atom. The fourth-order valence-electron chi connectivity index (χ4n) is 4.01. The molecule has 0 aromatic heterocycles. The van der Waals surface area contributed by atoms with Crippen LogP contribution in [0.3, 0.4) is 0 Å². The van der Waals surface area contributed by atoms with Crippen LogP contribution in [0.1, 0.15) is 77.6 Å². The zero-order valence-corrected chi connectivity index (χ0v) is 17.4. The molecule has 0 atom stereocenters. The SMILES string of the molecule is CCOC(=O)N1CCN(C(=O)C(=O)NC2CCCCCCCCCCC2)CC1. The van der Waals surface area contributed by atoms with E-state index in [9.17, 15) is 14.4 Å². The number of hydrogen-bond donors (Lipinski definition) is 1. The Hall–Kier alpha value is -1.79. The first-order valence-corrected chi connectivity index (χ1v) is 11.1. The minimum Gasteiger partial charge on any atom is -0.450 e. The maximum Gasteiger partial charge on any atom is 0.409 e. The zero-order valence-electron chi connectivity index (χ0n) is 17.4. The molecule has 0 aromatic rings. The minimum atomic E-state index is -0.498. The standard InChI is InChI=1S/C21H37N3O4/c1-2-28-21(27)24-16-14-23(15-17-24)20(26)19(25)22-18-12-10-8-6-4-3-5-7-9-11-13-18/h18H,2-17H2,1H3,(H,22,25). The van der Waals surface area contributed by atoms with Crippen molar-refractivity contribution in [3.05, 3.63) is 0 Å². The molecule has 2 aliphatic rings. The fraction of sp³-hybridized carbons (Fsp3) is 0.857. The molecule has 1 heterocycles. The first-order chi connectivity index (χ1) is 13.6. The quantitative estimate of drug-likeness (QED) is 0.729. The van der Waals surface area contributed by atoms with Crippen LogP contribution in [0.4, 0.5) is 4.79 Å². The molecule has 1 aliphatic heterocycles. The van der Waals surface area contributed by atoms with Crippen LogP contribution in [-0.4, -0.2) is 66.5 Å². The average Bonchev–Trinajstić information content (AvgIpc) is 2.69. The molecule has 1 saturated heterocycles. The lowest BCUT2D eigenvalue weighted by molar-refractivity contribution is -0.147. The monoisotopic (exact) mass is 395 g/mol. The molecule has 7 heteroatoms. The Morgan fingerprint density at radius 1 is 0.786 bits per heavy atom. The van der Waals surface area contributed by atoms with Crippen LogP contribution in [-0.2, 0) is 14.3 Å². The van der Waals surface area contributed by atoms with Crippen molar-refractivity contribution in [2.24, 2.45) is 0 Å². The average molecular weight is 396 g/mol. The van der Waals surface area contributed by atoms with Crippen LogP contribution in [0.25, 0.3) is 0 Å². The Morgan fingerprint density at radius 2 is 1.25 bits per heavy atom.